The minimum atomic E-state index is -0.448. The molecule has 1 aromatic heterocycles. The van der Waals surface area contributed by atoms with E-state index >= 15 is 0 Å². The Morgan fingerprint density at radius 2 is 2.00 bits per heavy atom. The highest BCUT2D eigenvalue weighted by Gasteiger charge is 2.18. The van der Waals surface area contributed by atoms with E-state index in [1.807, 2.05) is 24.3 Å². The third-order valence-corrected chi connectivity index (χ3v) is 5.34. The fourth-order valence-corrected chi connectivity index (χ4v) is 3.86. The summed E-state index contributed by atoms with van der Waals surface area (Å²) >= 11 is 0.873. The first kappa shape index (κ1) is 18.7. The molecule has 29 heavy (non-hydrogen) atoms. The van der Waals surface area contributed by atoms with Gasteiger partial charge in [0.25, 0.3) is 0 Å². The van der Waals surface area contributed by atoms with E-state index in [9.17, 15) is 14.7 Å². The summed E-state index contributed by atoms with van der Waals surface area (Å²) < 4.78 is 6.24. The quantitative estimate of drug-likeness (QED) is 0.677. The standard InChI is InChI=1S/C21H17N3O4S/c1-28-17-9-5-4-8-16(17)23-19(25)12-24-20(26)18(29-21(24)27)10-13-11-22-15-7-3-2-6-14(13)15/h2-11,26H,12H2,1H3,(H,23,25). The van der Waals surface area contributed by atoms with Crippen molar-refractivity contribution in [3.8, 4) is 11.6 Å². The molecule has 7 nitrogen and oxygen atoms in total. The Kier molecular flexibility index (Phi) is 5.01. The van der Waals surface area contributed by atoms with Crippen LogP contribution in [0.2, 0.25) is 0 Å². The number of rotatable bonds is 5. The topological polar surface area (TPSA) is 92.9 Å². The molecule has 1 aliphatic rings. The van der Waals surface area contributed by atoms with Crippen LogP contribution < -0.4 is 14.9 Å². The highest BCUT2D eigenvalue weighted by molar-refractivity contribution is 7.10. The Morgan fingerprint density at radius 3 is 2.83 bits per heavy atom. The average molecular weight is 407 g/mol. The van der Waals surface area contributed by atoms with E-state index in [-0.39, 0.29) is 12.4 Å². The van der Waals surface area contributed by atoms with E-state index in [1.54, 1.807) is 36.6 Å². The number of amides is 1. The van der Waals surface area contributed by atoms with Gasteiger partial charge in [0, 0.05) is 17.4 Å². The summed E-state index contributed by atoms with van der Waals surface area (Å²) in [6, 6.07) is 14.6. The Hall–Kier alpha value is -3.65. The summed E-state index contributed by atoms with van der Waals surface area (Å²) in [7, 11) is 1.50. The van der Waals surface area contributed by atoms with Gasteiger partial charge in [0.1, 0.15) is 12.3 Å². The van der Waals surface area contributed by atoms with Gasteiger partial charge in [-0.15, -0.1) is 0 Å². The van der Waals surface area contributed by atoms with Crippen LogP contribution in [0.5, 0.6) is 11.6 Å². The van der Waals surface area contributed by atoms with E-state index in [0.29, 0.717) is 16.3 Å². The van der Waals surface area contributed by atoms with Crippen molar-refractivity contribution in [2.24, 2.45) is 4.99 Å². The number of methoxy groups -OCH3 is 1. The number of ether oxygens (including phenoxy) is 1. The summed E-state index contributed by atoms with van der Waals surface area (Å²) in [6.45, 7) is -0.312. The molecule has 4 rings (SSSR count). The number of aromatic nitrogens is 1. The fourth-order valence-electron chi connectivity index (χ4n) is 3.02. The molecule has 0 saturated carbocycles. The number of hydrogen-bond acceptors (Lipinski definition) is 6. The monoisotopic (exact) mass is 407 g/mol. The van der Waals surface area contributed by atoms with Gasteiger partial charge in [-0.05, 0) is 24.3 Å². The Labute approximate surface area is 170 Å². The summed E-state index contributed by atoms with van der Waals surface area (Å²) in [6.07, 6.45) is 3.39. The largest absolute Gasteiger partial charge is 0.495 e. The van der Waals surface area contributed by atoms with Crippen LogP contribution in [0, 0.1) is 0 Å². The number of anilines is 1. The Balaban J connectivity index is 1.57. The number of benzene rings is 2. The number of nitrogens with one attached hydrogen (secondary N) is 1. The molecule has 2 heterocycles. The molecule has 2 N–H and O–H groups in total. The molecule has 0 saturated heterocycles. The molecule has 0 spiro atoms. The van der Waals surface area contributed by atoms with E-state index in [1.165, 1.54) is 7.11 Å². The van der Waals surface area contributed by atoms with Crippen molar-refractivity contribution in [3.05, 3.63) is 68.6 Å². The molecule has 0 radical (unpaired) electrons. The van der Waals surface area contributed by atoms with Crippen molar-refractivity contribution in [1.29, 1.82) is 0 Å². The number of allylic oxidation sites excluding steroid dienone is 1. The van der Waals surface area contributed by atoms with E-state index < -0.39 is 10.8 Å². The van der Waals surface area contributed by atoms with Crippen LogP contribution in [0.1, 0.15) is 10.4 Å². The lowest BCUT2D eigenvalue weighted by atomic mass is 10.1. The second kappa shape index (κ2) is 7.76. The van der Waals surface area contributed by atoms with Crippen LogP contribution in [-0.2, 0) is 11.3 Å². The maximum Gasteiger partial charge on any atom is 0.311 e. The predicted molar refractivity (Wildman–Crippen MR) is 114 cm³/mol. The van der Waals surface area contributed by atoms with Gasteiger partial charge in [-0.1, -0.05) is 41.7 Å². The zero-order valence-electron chi connectivity index (χ0n) is 15.5. The molecular weight excluding hydrogens is 390 g/mol. The highest BCUT2D eigenvalue weighted by atomic mass is 32.1. The first-order valence-corrected chi connectivity index (χ1v) is 9.59. The maximum atomic E-state index is 12.4. The highest BCUT2D eigenvalue weighted by Crippen LogP contribution is 2.34. The molecule has 1 amide bonds. The zero-order chi connectivity index (χ0) is 20.4. The van der Waals surface area contributed by atoms with E-state index in [0.717, 1.165) is 32.7 Å². The molecule has 0 bridgehead atoms. The van der Waals surface area contributed by atoms with Gasteiger partial charge in [-0.3, -0.25) is 19.1 Å². The number of hydrogen-bond donors (Lipinski definition) is 2. The number of aromatic hydroxyl groups is 1. The van der Waals surface area contributed by atoms with Crippen LogP contribution in [0.3, 0.4) is 0 Å². The number of thiazole rings is 1. The van der Waals surface area contributed by atoms with Gasteiger partial charge >= 0.3 is 4.87 Å². The number of aliphatic imine (C=N–C) groups is 1. The fraction of sp³-hybridized carbons (Fsp3) is 0.0952. The Morgan fingerprint density at radius 1 is 1.24 bits per heavy atom. The van der Waals surface area contributed by atoms with Crippen molar-refractivity contribution >= 4 is 46.5 Å². The van der Waals surface area contributed by atoms with Gasteiger partial charge in [-0.2, -0.15) is 0 Å². The summed E-state index contributed by atoms with van der Waals surface area (Å²) in [5.41, 5.74) is 3.04. The number of nitrogens with zero attached hydrogens (tertiary/aromatic N) is 2. The molecule has 2 aromatic carbocycles. The van der Waals surface area contributed by atoms with Gasteiger partial charge in [0.15, 0.2) is 0 Å². The predicted octanol–water partition coefficient (Wildman–Crippen LogP) is 3.52. The minimum absolute atomic E-state index is 0.250. The summed E-state index contributed by atoms with van der Waals surface area (Å²) in [5.74, 6) is -0.190. The molecule has 0 atom stereocenters. The van der Waals surface area contributed by atoms with Crippen molar-refractivity contribution < 1.29 is 14.6 Å². The van der Waals surface area contributed by atoms with Crippen LogP contribution in [-0.4, -0.2) is 28.9 Å². The summed E-state index contributed by atoms with van der Waals surface area (Å²) in [5, 5.41) is 13.2. The maximum absolute atomic E-state index is 12.4. The normalized spacial score (nSPS) is 13.5. The number of para-hydroxylation sites is 3. The van der Waals surface area contributed by atoms with Gasteiger partial charge in [0.05, 0.1) is 23.4 Å². The molecule has 1 aliphatic heterocycles. The van der Waals surface area contributed by atoms with Crippen LogP contribution in [0.4, 0.5) is 11.4 Å². The molecule has 0 aliphatic carbocycles. The van der Waals surface area contributed by atoms with E-state index in [2.05, 4.69) is 10.3 Å². The molecule has 0 unspecified atom stereocenters. The van der Waals surface area contributed by atoms with Gasteiger partial charge in [0.2, 0.25) is 11.8 Å². The third-order valence-electron chi connectivity index (χ3n) is 4.42. The molecule has 3 aromatic rings. The first-order chi connectivity index (χ1) is 14.1. The summed E-state index contributed by atoms with van der Waals surface area (Å²) in [4.78, 5) is 29.0. The number of carbonyl (C=O) groups is 1. The molecular formula is C21H17N3O4S. The van der Waals surface area contributed by atoms with Gasteiger partial charge in [-0.25, -0.2) is 0 Å². The lowest BCUT2D eigenvalue weighted by Gasteiger charge is -2.10. The molecule has 0 fully saturated rings. The van der Waals surface area contributed by atoms with Crippen molar-refractivity contribution in [2.75, 3.05) is 12.4 Å². The Bertz CT molecular complexity index is 1210. The van der Waals surface area contributed by atoms with Crippen LogP contribution >= 0.6 is 11.3 Å². The van der Waals surface area contributed by atoms with Crippen molar-refractivity contribution in [1.82, 2.24) is 4.57 Å². The van der Waals surface area contributed by atoms with Crippen molar-refractivity contribution in [3.63, 3.8) is 0 Å². The second-order valence-corrected chi connectivity index (χ2v) is 7.26. The smallest absolute Gasteiger partial charge is 0.311 e. The minimum Gasteiger partial charge on any atom is -0.495 e. The SMILES string of the molecule is COc1ccccc1NC(=O)Cn1c(O)c(C=C2C=Nc3ccccc32)sc1=O. The second-order valence-electron chi connectivity index (χ2n) is 6.27. The molecule has 8 heteroatoms. The molecule has 146 valence electrons. The lowest BCUT2D eigenvalue weighted by molar-refractivity contribution is -0.116. The van der Waals surface area contributed by atoms with Crippen molar-refractivity contribution in [2.45, 2.75) is 6.54 Å². The average Bonchev–Trinajstić information content (AvgIpc) is 3.25. The van der Waals surface area contributed by atoms with Crippen LogP contribution in [0.15, 0.2) is 58.3 Å². The lowest BCUT2D eigenvalue weighted by Crippen LogP contribution is -2.24. The van der Waals surface area contributed by atoms with E-state index in [4.69, 9.17) is 4.74 Å². The number of fused-ring (bicyclic) bond motifs is 1. The third kappa shape index (κ3) is 3.70. The van der Waals surface area contributed by atoms with Crippen LogP contribution in [0.25, 0.3) is 11.6 Å². The number of carbonyl (C=O) groups excluding carboxylic acids is 1. The zero-order valence-corrected chi connectivity index (χ0v) is 16.3. The van der Waals surface area contributed by atoms with Gasteiger partial charge < -0.3 is 15.2 Å². The first-order valence-electron chi connectivity index (χ1n) is 8.77.